The maximum absolute atomic E-state index is 5.24. The number of rotatable bonds is 5. The molecule has 0 saturated carbocycles. The van der Waals surface area contributed by atoms with Crippen LogP contribution >= 0.6 is 15.9 Å². The van der Waals surface area contributed by atoms with Gasteiger partial charge in [-0.2, -0.15) is 0 Å². The highest BCUT2D eigenvalue weighted by Gasteiger charge is 2.08. The molecule has 20 heavy (non-hydrogen) atoms. The predicted molar refractivity (Wildman–Crippen MR) is 87.1 cm³/mol. The molecule has 2 aromatic carbocycles. The molecule has 2 nitrogen and oxygen atoms in total. The standard InChI is InChI=1S/C17H20BrNO/c1-12-6-4-5-7-15(12)13(2)19-11-14-8-9-17(20-3)16(18)10-14/h4-10,13,19H,11H2,1-3H3. The fraction of sp³-hybridized carbons (Fsp3) is 0.294. The summed E-state index contributed by atoms with van der Waals surface area (Å²) in [6.45, 7) is 5.18. The van der Waals surface area contributed by atoms with Crippen molar-refractivity contribution in [2.45, 2.75) is 26.4 Å². The van der Waals surface area contributed by atoms with E-state index in [1.54, 1.807) is 7.11 Å². The van der Waals surface area contributed by atoms with E-state index in [0.717, 1.165) is 16.8 Å². The van der Waals surface area contributed by atoms with Crippen LogP contribution in [0.4, 0.5) is 0 Å². The molecule has 0 saturated heterocycles. The Morgan fingerprint density at radius 2 is 1.95 bits per heavy atom. The van der Waals surface area contributed by atoms with E-state index in [1.165, 1.54) is 16.7 Å². The molecule has 1 unspecified atom stereocenters. The van der Waals surface area contributed by atoms with Crippen molar-refractivity contribution in [1.82, 2.24) is 5.32 Å². The molecule has 0 heterocycles. The Morgan fingerprint density at radius 1 is 1.20 bits per heavy atom. The molecule has 3 heteroatoms. The Balaban J connectivity index is 2.02. The average molecular weight is 334 g/mol. The maximum Gasteiger partial charge on any atom is 0.133 e. The molecule has 0 aliphatic heterocycles. The van der Waals surface area contributed by atoms with Crippen LogP contribution in [-0.4, -0.2) is 7.11 Å². The lowest BCUT2D eigenvalue weighted by Gasteiger charge is -2.17. The SMILES string of the molecule is COc1ccc(CNC(C)c2ccccc2C)cc1Br. The minimum Gasteiger partial charge on any atom is -0.496 e. The number of aryl methyl sites for hydroxylation is 1. The molecule has 0 bridgehead atoms. The van der Waals surface area contributed by atoms with Gasteiger partial charge >= 0.3 is 0 Å². The molecule has 0 amide bonds. The van der Waals surface area contributed by atoms with Gasteiger partial charge in [0.05, 0.1) is 11.6 Å². The van der Waals surface area contributed by atoms with Crippen LogP contribution in [0.5, 0.6) is 5.75 Å². The highest BCUT2D eigenvalue weighted by atomic mass is 79.9. The summed E-state index contributed by atoms with van der Waals surface area (Å²) < 4.78 is 6.23. The molecule has 0 radical (unpaired) electrons. The number of halogens is 1. The van der Waals surface area contributed by atoms with Crippen LogP contribution in [0.1, 0.15) is 29.7 Å². The fourth-order valence-electron chi connectivity index (χ4n) is 2.27. The maximum atomic E-state index is 5.24. The molecule has 0 spiro atoms. The third-order valence-electron chi connectivity index (χ3n) is 3.48. The van der Waals surface area contributed by atoms with Gasteiger partial charge in [-0.3, -0.25) is 0 Å². The monoisotopic (exact) mass is 333 g/mol. The van der Waals surface area contributed by atoms with Crippen LogP contribution in [-0.2, 0) is 6.54 Å². The predicted octanol–water partition coefficient (Wildman–Crippen LogP) is 4.62. The molecule has 0 aliphatic rings. The van der Waals surface area contributed by atoms with Crippen LogP contribution in [0.3, 0.4) is 0 Å². The van der Waals surface area contributed by atoms with Crippen molar-refractivity contribution in [3.05, 3.63) is 63.6 Å². The van der Waals surface area contributed by atoms with Crippen LogP contribution in [0.25, 0.3) is 0 Å². The molecule has 0 aromatic heterocycles. The number of hydrogen-bond acceptors (Lipinski definition) is 2. The molecule has 2 rings (SSSR count). The highest BCUT2D eigenvalue weighted by molar-refractivity contribution is 9.10. The first-order chi connectivity index (χ1) is 9.61. The van der Waals surface area contributed by atoms with E-state index < -0.39 is 0 Å². The van der Waals surface area contributed by atoms with Crippen molar-refractivity contribution >= 4 is 15.9 Å². The number of benzene rings is 2. The summed E-state index contributed by atoms with van der Waals surface area (Å²) in [5.41, 5.74) is 3.90. The second-order valence-corrected chi connectivity index (χ2v) is 5.78. The number of nitrogens with one attached hydrogen (secondary N) is 1. The van der Waals surface area contributed by atoms with Crippen molar-refractivity contribution in [1.29, 1.82) is 0 Å². The summed E-state index contributed by atoms with van der Waals surface area (Å²) in [4.78, 5) is 0. The number of methoxy groups -OCH3 is 1. The smallest absolute Gasteiger partial charge is 0.133 e. The Bertz CT molecular complexity index is 583. The van der Waals surface area contributed by atoms with Crippen molar-refractivity contribution in [2.75, 3.05) is 7.11 Å². The van der Waals surface area contributed by atoms with Gasteiger partial charge in [0.25, 0.3) is 0 Å². The molecule has 106 valence electrons. The van der Waals surface area contributed by atoms with E-state index in [-0.39, 0.29) is 0 Å². The van der Waals surface area contributed by atoms with E-state index >= 15 is 0 Å². The summed E-state index contributed by atoms with van der Waals surface area (Å²) in [5.74, 6) is 0.862. The lowest BCUT2D eigenvalue weighted by atomic mass is 10.0. The van der Waals surface area contributed by atoms with E-state index in [0.29, 0.717) is 6.04 Å². The first-order valence-electron chi connectivity index (χ1n) is 6.73. The van der Waals surface area contributed by atoms with Crippen LogP contribution in [0.15, 0.2) is 46.9 Å². The Hall–Kier alpha value is -1.32. The van der Waals surface area contributed by atoms with Gasteiger partial charge in [0, 0.05) is 12.6 Å². The van der Waals surface area contributed by atoms with E-state index in [4.69, 9.17) is 4.74 Å². The minimum atomic E-state index is 0.331. The highest BCUT2D eigenvalue weighted by Crippen LogP contribution is 2.26. The Morgan fingerprint density at radius 3 is 2.60 bits per heavy atom. The van der Waals surface area contributed by atoms with Gasteiger partial charge in [0.1, 0.15) is 5.75 Å². The van der Waals surface area contributed by atoms with Gasteiger partial charge < -0.3 is 10.1 Å². The van der Waals surface area contributed by atoms with Crippen molar-refractivity contribution < 1.29 is 4.74 Å². The van der Waals surface area contributed by atoms with E-state index in [1.807, 2.05) is 6.07 Å². The van der Waals surface area contributed by atoms with Crippen molar-refractivity contribution in [2.24, 2.45) is 0 Å². The second kappa shape index (κ2) is 6.91. The van der Waals surface area contributed by atoms with E-state index in [2.05, 4.69) is 71.5 Å². The zero-order valence-electron chi connectivity index (χ0n) is 12.1. The zero-order chi connectivity index (χ0) is 14.5. The summed E-state index contributed by atoms with van der Waals surface area (Å²) in [5, 5.41) is 3.56. The fourth-order valence-corrected chi connectivity index (χ4v) is 2.86. The van der Waals surface area contributed by atoms with Crippen molar-refractivity contribution in [3.63, 3.8) is 0 Å². The molecule has 1 atom stereocenters. The first kappa shape index (κ1) is 15.1. The topological polar surface area (TPSA) is 21.3 Å². The first-order valence-corrected chi connectivity index (χ1v) is 7.52. The van der Waals surface area contributed by atoms with Gasteiger partial charge in [0.2, 0.25) is 0 Å². The van der Waals surface area contributed by atoms with Crippen LogP contribution in [0.2, 0.25) is 0 Å². The normalized spacial score (nSPS) is 12.2. The molecule has 2 aromatic rings. The van der Waals surface area contributed by atoms with Gasteiger partial charge in [-0.25, -0.2) is 0 Å². The lowest BCUT2D eigenvalue weighted by Crippen LogP contribution is -2.18. The second-order valence-electron chi connectivity index (χ2n) is 4.93. The Kier molecular flexibility index (Phi) is 5.21. The van der Waals surface area contributed by atoms with Gasteiger partial charge in [-0.15, -0.1) is 0 Å². The lowest BCUT2D eigenvalue weighted by molar-refractivity contribution is 0.412. The van der Waals surface area contributed by atoms with Crippen LogP contribution in [0, 0.1) is 6.92 Å². The molecular formula is C17H20BrNO. The average Bonchev–Trinajstić information content (AvgIpc) is 2.45. The van der Waals surface area contributed by atoms with Crippen LogP contribution < -0.4 is 10.1 Å². The third-order valence-corrected chi connectivity index (χ3v) is 4.10. The van der Waals surface area contributed by atoms with Gasteiger partial charge in [-0.1, -0.05) is 30.3 Å². The quantitative estimate of drug-likeness (QED) is 0.862. The van der Waals surface area contributed by atoms with E-state index in [9.17, 15) is 0 Å². The summed E-state index contributed by atoms with van der Waals surface area (Å²) in [6, 6.07) is 15.0. The minimum absolute atomic E-state index is 0.331. The molecule has 1 N–H and O–H groups in total. The molecular weight excluding hydrogens is 314 g/mol. The zero-order valence-corrected chi connectivity index (χ0v) is 13.7. The number of ether oxygens (including phenoxy) is 1. The van der Waals surface area contributed by atoms with Gasteiger partial charge in [-0.05, 0) is 58.6 Å². The largest absolute Gasteiger partial charge is 0.496 e. The third kappa shape index (κ3) is 3.62. The van der Waals surface area contributed by atoms with Gasteiger partial charge in [0.15, 0.2) is 0 Å². The Labute approximate surface area is 129 Å². The summed E-state index contributed by atoms with van der Waals surface area (Å²) >= 11 is 3.52. The molecule has 0 fully saturated rings. The molecule has 0 aliphatic carbocycles. The summed E-state index contributed by atoms with van der Waals surface area (Å²) in [6.07, 6.45) is 0. The summed E-state index contributed by atoms with van der Waals surface area (Å²) in [7, 11) is 1.68. The number of hydrogen-bond donors (Lipinski definition) is 1. The van der Waals surface area contributed by atoms with Crippen molar-refractivity contribution in [3.8, 4) is 5.75 Å².